The van der Waals surface area contributed by atoms with E-state index >= 15 is 0 Å². The van der Waals surface area contributed by atoms with Gasteiger partial charge in [-0.25, -0.2) is 4.68 Å². The normalized spacial score (nSPS) is 11.8. The van der Waals surface area contributed by atoms with E-state index in [-0.39, 0.29) is 18.4 Å². The Labute approximate surface area is 152 Å². The maximum absolute atomic E-state index is 5.49. The lowest BCUT2D eigenvalue weighted by Gasteiger charge is -2.18. The zero-order chi connectivity index (χ0) is 16.2. The van der Waals surface area contributed by atoms with Gasteiger partial charge in [0.1, 0.15) is 0 Å². The van der Waals surface area contributed by atoms with E-state index in [0.29, 0.717) is 6.54 Å². The van der Waals surface area contributed by atoms with Gasteiger partial charge in [0.25, 0.3) is 0 Å². The first-order valence-corrected chi connectivity index (χ1v) is 8.47. The second kappa shape index (κ2) is 8.33. The SMILES string of the molecule is COc1c(CNC(c2ccccc2)c2cccs2)c(C)nn1C.Cl. The van der Waals surface area contributed by atoms with Crippen LogP contribution in [0.15, 0.2) is 47.8 Å². The lowest BCUT2D eigenvalue weighted by Crippen LogP contribution is -2.21. The highest BCUT2D eigenvalue weighted by Crippen LogP contribution is 2.28. The minimum Gasteiger partial charge on any atom is -0.481 e. The first kappa shape index (κ1) is 18.5. The van der Waals surface area contributed by atoms with E-state index in [1.54, 1.807) is 23.1 Å². The van der Waals surface area contributed by atoms with Crippen LogP contribution in [0, 0.1) is 6.92 Å². The minimum atomic E-state index is 0. The van der Waals surface area contributed by atoms with Gasteiger partial charge >= 0.3 is 0 Å². The number of rotatable bonds is 6. The van der Waals surface area contributed by atoms with Gasteiger partial charge in [0.15, 0.2) is 0 Å². The predicted octanol–water partition coefficient (Wildman–Crippen LogP) is 4.10. The molecule has 0 amide bonds. The molecule has 1 unspecified atom stereocenters. The molecular formula is C18H22ClN3OS. The van der Waals surface area contributed by atoms with Crippen molar-refractivity contribution in [2.24, 2.45) is 7.05 Å². The molecule has 3 rings (SSSR count). The topological polar surface area (TPSA) is 39.1 Å². The van der Waals surface area contributed by atoms with Crippen molar-refractivity contribution in [3.63, 3.8) is 0 Å². The van der Waals surface area contributed by atoms with Gasteiger partial charge in [-0.1, -0.05) is 36.4 Å². The number of thiophene rings is 1. The maximum Gasteiger partial charge on any atom is 0.216 e. The molecule has 0 saturated carbocycles. The number of aromatic nitrogens is 2. The van der Waals surface area contributed by atoms with E-state index in [1.807, 2.05) is 20.0 Å². The Bertz CT molecular complexity index is 756. The van der Waals surface area contributed by atoms with E-state index in [0.717, 1.165) is 17.1 Å². The van der Waals surface area contributed by atoms with Crippen molar-refractivity contribution in [2.45, 2.75) is 19.5 Å². The molecule has 0 aliphatic rings. The summed E-state index contributed by atoms with van der Waals surface area (Å²) in [5, 5.41) is 10.2. The summed E-state index contributed by atoms with van der Waals surface area (Å²) in [6.07, 6.45) is 0. The van der Waals surface area contributed by atoms with Crippen LogP contribution in [0.3, 0.4) is 0 Å². The number of halogens is 1. The first-order valence-electron chi connectivity index (χ1n) is 7.59. The van der Waals surface area contributed by atoms with Gasteiger partial charge in [0.05, 0.1) is 24.4 Å². The van der Waals surface area contributed by atoms with Crippen LogP contribution in [0.2, 0.25) is 0 Å². The molecule has 4 nitrogen and oxygen atoms in total. The molecule has 0 spiro atoms. The standard InChI is InChI=1S/C18H21N3OS.ClH/c1-13-15(18(22-3)21(2)20-13)12-19-17(16-10-7-11-23-16)14-8-5-4-6-9-14;/h4-11,17,19H,12H2,1-3H3;1H. The molecule has 6 heteroatoms. The number of benzene rings is 1. The van der Waals surface area contributed by atoms with Crippen LogP contribution in [-0.2, 0) is 13.6 Å². The van der Waals surface area contributed by atoms with E-state index in [9.17, 15) is 0 Å². The molecule has 2 heterocycles. The summed E-state index contributed by atoms with van der Waals surface area (Å²) in [6, 6.07) is 14.9. The van der Waals surface area contributed by atoms with E-state index in [1.165, 1.54) is 10.4 Å². The second-order valence-corrected chi connectivity index (χ2v) is 6.42. The van der Waals surface area contributed by atoms with Crippen LogP contribution in [0.4, 0.5) is 0 Å². The van der Waals surface area contributed by atoms with Crippen LogP contribution in [-0.4, -0.2) is 16.9 Å². The molecule has 1 aromatic carbocycles. The molecule has 0 radical (unpaired) electrons. The molecule has 1 atom stereocenters. The molecule has 3 aromatic rings. The Hall–Kier alpha value is -1.82. The number of nitrogens with one attached hydrogen (secondary N) is 1. The summed E-state index contributed by atoms with van der Waals surface area (Å²) in [5.74, 6) is 0.813. The molecule has 24 heavy (non-hydrogen) atoms. The molecule has 0 aliphatic carbocycles. The summed E-state index contributed by atoms with van der Waals surface area (Å²) in [7, 11) is 3.59. The van der Waals surface area contributed by atoms with Crippen LogP contribution in [0.1, 0.15) is 27.7 Å². The largest absolute Gasteiger partial charge is 0.481 e. The van der Waals surface area contributed by atoms with Crippen LogP contribution >= 0.6 is 23.7 Å². The highest BCUT2D eigenvalue weighted by Gasteiger charge is 2.18. The summed E-state index contributed by atoms with van der Waals surface area (Å²) in [6.45, 7) is 2.72. The fourth-order valence-corrected chi connectivity index (χ4v) is 3.65. The fraction of sp³-hybridized carbons (Fsp3) is 0.278. The molecule has 1 N–H and O–H groups in total. The zero-order valence-electron chi connectivity index (χ0n) is 14.0. The maximum atomic E-state index is 5.49. The quantitative estimate of drug-likeness (QED) is 0.716. The lowest BCUT2D eigenvalue weighted by atomic mass is 10.0. The number of methoxy groups -OCH3 is 1. The predicted molar refractivity (Wildman–Crippen MR) is 101 cm³/mol. The van der Waals surface area contributed by atoms with Gasteiger partial charge in [0.2, 0.25) is 5.88 Å². The number of aryl methyl sites for hydroxylation is 2. The van der Waals surface area contributed by atoms with Crippen molar-refractivity contribution in [2.75, 3.05) is 7.11 Å². The number of hydrogen-bond donors (Lipinski definition) is 1. The van der Waals surface area contributed by atoms with Crippen LogP contribution in [0.25, 0.3) is 0 Å². The summed E-state index contributed by atoms with van der Waals surface area (Å²) in [4.78, 5) is 1.30. The van der Waals surface area contributed by atoms with Gasteiger partial charge in [-0.2, -0.15) is 5.10 Å². The third-order valence-electron chi connectivity index (χ3n) is 3.93. The van der Waals surface area contributed by atoms with Crippen LogP contribution in [0.5, 0.6) is 5.88 Å². The van der Waals surface area contributed by atoms with Crippen LogP contribution < -0.4 is 10.1 Å². The number of nitrogens with zero attached hydrogens (tertiary/aromatic N) is 2. The molecule has 0 aliphatic heterocycles. The smallest absolute Gasteiger partial charge is 0.216 e. The summed E-state index contributed by atoms with van der Waals surface area (Å²) in [5.41, 5.74) is 3.36. The van der Waals surface area contributed by atoms with E-state index in [2.05, 4.69) is 52.2 Å². The first-order chi connectivity index (χ1) is 11.2. The van der Waals surface area contributed by atoms with Gasteiger partial charge in [-0.15, -0.1) is 23.7 Å². The van der Waals surface area contributed by atoms with Crippen molar-refractivity contribution in [3.8, 4) is 5.88 Å². The molecule has 0 fully saturated rings. The monoisotopic (exact) mass is 363 g/mol. The van der Waals surface area contributed by atoms with Crippen molar-refractivity contribution in [3.05, 3.63) is 69.5 Å². The molecular weight excluding hydrogens is 342 g/mol. The van der Waals surface area contributed by atoms with Gasteiger partial charge < -0.3 is 10.1 Å². The van der Waals surface area contributed by atoms with Gasteiger partial charge in [-0.3, -0.25) is 0 Å². The number of hydrogen-bond acceptors (Lipinski definition) is 4. The highest BCUT2D eigenvalue weighted by atomic mass is 35.5. The van der Waals surface area contributed by atoms with Crippen molar-refractivity contribution >= 4 is 23.7 Å². The Morgan fingerprint density at radius 2 is 1.96 bits per heavy atom. The average molecular weight is 364 g/mol. The Morgan fingerprint density at radius 1 is 1.21 bits per heavy atom. The Kier molecular flexibility index (Phi) is 6.43. The number of ether oxygens (including phenoxy) is 1. The van der Waals surface area contributed by atoms with E-state index < -0.39 is 0 Å². The summed E-state index contributed by atoms with van der Waals surface area (Å²) < 4.78 is 7.28. The third-order valence-corrected chi connectivity index (χ3v) is 4.86. The molecule has 0 bridgehead atoms. The lowest BCUT2D eigenvalue weighted by molar-refractivity contribution is 0.367. The molecule has 128 valence electrons. The molecule has 0 saturated heterocycles. The highest BCUT2D eigenvalue weighted by molar-refractivity contribution is 7.10. The Balaban J connectivity index is 0.00000208. The van der Waals surface area contributed by atoms with Gasteiger partial charge in [0, 0.05) is 18.5 Å². The summed E-state index contributed by atoms with van der Waals surface area (Å²) >= 11 is 1.77. The minimum absolute atomic E-state index is 0. The van der Waals surface area contributed by atoms with Crippen molar-refractivity contribution < 1.29 is 4.74 Å². The fourth-order valence-electron chi connectivity index (χ4n) is 2.83. The molecule has 2 aromatic heterocycles. The second-order valence-electron chi connectivity index (χ2n) is 5.44. The van der Waals surface area contributed by atoms with Gasteiger partial charge in [-0.05, 0) is 23.9 Å². The average Bonchev–Trinajstić information content (AvgIpc) is 3.17. The van der Waals surface area contributed by atoms with Crippen molar-refractivity contribution in [1.82, 2.24) is 15.1 Å². The third kappa shape index (κ3) is 3.80. The zero-order valence-corrected chi connectivity index (χ0v) is 15.7. The van der Waals surface area contributed by atoms with E-state index in [4.69, 9.17) is 4.74 Å². The Morgan fingerprint density at radius 3 is 2.58 bits per heavy atom. The van der Waals surface area contributed by atoms with Crippen molar-refractivity contribution in [1.29, 1.82) is 0 Å².